The van der Waals surface area contributed by atoms with Crippen LogP contribution in [0.4, 0.5) is 0 Å². The Labute approximate surface area is 241 Å². The van der Waals surface area contributed by atoms with Gasteiger partial charge in [-0.15, -0.1) is 11.3 Å². The number of pyridine rings is 1. The SMILES string of the molecule is Cc1cc(-c2nccc3c2sc2c(C)c(C4(C#N)CCC(C)(C)CC4)ccc23)cc2c1-c1ccccc1C2(C)C. The summed E-state index contributed by atoms with van der Waals surface area (Å²) in [5.74, 6) is 0. The van der Waals surface area contributed by atoms with Crippen LogP contribution in [0, 0.1) is 30.6 Å². The highest BCUT2D eigenvalue weighted by Gasteiger charge is 2.41. The van der Waals surface area contributed by atoms with E-state index in [0.29, 0.717) is 5.41 Å². The third kappa shape index (κ3) is 3.48. The second-order valence-electron chi connectivity index (χ2n) is 13.5. The van der Waals surface area contributed by atoms with Crippen LogP contribution in [0.2, 0.25) is 0 Å². The molecular formula is C37H36N2S. The highest BCUT2D eigenvalue weighted by atomic mass is 32.1. The first kappa shape index (κ1) is 25.5. The number of hydrogen-bond acceptors (Lipinski definition) is 3. The first-order valence-corrected chi connectivity index (χ1v) is 15.4. The molecule has 0 amide bonds. The minimum Gasteiger partial charge on any atom is -0.255 e. The predicted octanol–water partition coefficient (Wildman–Crippen LogP) is 10.4. The molecule has 2 aliphatic rings. The quantitative estimate of drug-likeness (QED) is 0.223. The van der Waals surface area contributed by atoms with Gasteiger partial charge in [-0.2, -0.15) is 5.26 Å². The van der Waals surface area contributed by atoms with Crippen molar-refractivity contribution in [1.29, 1.82) is 5.26 Å². The van der Waals surface area contributed by atoms with Crippen molar-refractivity contribution in [1.82, 2.24) is 4.98 Å². The Morgan fingerprint density at radius 3 is 2.27 bits per heavy atom. The van der Waals surface area contributed by atoms with E-state index in [-0.39, 0.29) is 10.8 Å². The first-order valence-electron chi connectivity index (χ1n) is 14.5. The Morgan fingerprint density at radius 1 is 0.800 bits per heavy atom. The van der Waals surface area contributed by atoms with E-state index >= 15 is 0 Å². The Kier molecular flexibility index (Phi) is 5.42. The fourth-order valence-electron chi connectivity index (χ4n) is 7.59. The number of nitrogens with zero attached hydrogens (tertiary/aromatic N) is 2. The molecule has 3 aromatic carbocycles. The molecule has 200 valence electrons. The first-order chi connectivity index (χ1) is 19.1. The van der Waals surface area contributed by atoms with Crippen molar-refractivity contribution in [2.45, 2.75) is 78.1 Å². The van der Waals surface area contributed by atoms with Crippen molar-refractivity contribution in [3.05, 3.63) is 88.6 Å². The van der Waals surface area contributed by atoms with E-state index in [1.165, 1.54) is 64.7 Å². The molecule has 40 heavy (non-hydrogen) atoms. The summed E-state index contributed by atoms with van der Waals surface area (Å²) in [6, 6.07) is 23.0. The molecule has 0 unspecified atom stereocenters. The molecule has 0 aliphatic heterocycles. The minimum absolute atomic E-state index is 0.0492. The highest BCUT2D eigenvalue weighted by Crippen LogP contribution is 2.52. The lowest BCUT2D eigenvalue weighted by atomic mass is 9.62. The van der Waals surface area contributed by atoms with E-state index in [4.69, 9.17) is 4.98 Å². The monoisotopic (exact) mass is 540 g/mol. The van der Waals surface area contributed by atoms with E-state index < -0.39 is 0 Å². The maximum absolute atomic E-state index is 10.4. The van der Waals surface area contributed by atoms with Gasteiger partial charge >= 0.3 is 0 Å². The van der Waals surface area contributed by atoms with E-state index in [2.05, 4.69) is 102 Å². The summed E-state index contributed by atoms with van der Waals surface area (Å²) < 4.78 is 2.54. The Bertz CT molecular complexity index is 1890. The van der Waals surface area contributed by atoms with Gasteiger partial charge in [0, 0.05) is 32.6 Å². The molecule has 2 aromatic heterocycles. The molecule has 0 radical (unpaired) electrons. The van der Waals surface area contributed by atoms with Gasteiger partial charge in [-0.1, -0.05) is 64.1 Å². The van der Waals surface area contributed by atoms with Crippen LogP contribution in [0.15, 0.2) is 60.8 Å². The zero-order valence-corrected chi connectivity index (χ0v) is 25.2. The highest BCUT2D eigenvalue weighted by molar-refractivity contribution is 7.26. The van der Waals surface area contributed by atoms with Gasteiger partial charge in [-0.05, 0) is 102 Å². The molecule has 0 bridgehead atoms. The molecule has 0 atom stereocenters. The van der Waals surface area contributed by atoms with Gasteiger partial charge in [0.25, 0.3) is 0 Å². The van der Waals surface area contributed by atoms with Crippen molar-refractivity contribution in [2.75, 3.05) is 0 Å². The standard InChI is InChI=1S/C37H36N2S/c1-22-19-24(20-30-31(22)27-9-7-8-10-29(27)36(30,5)6)32-34-26(13-18-39-32)25-11-12-28(23(2)33(25)40-34)37(21-38)16-14-35(3,4)15-17-37/h7-13,18-20H,14-17H2,1-6H3. The molecule has 3 heteroatoms. The van der Waals surface area contributed by atoms with Gasteiger partial charge in [0.1, 0.15) is 0 Å². The van der Waals surface area contributed by atoms with Gasteiger partial charge in [0.15, 0.2) is 0 Å². The van der Waals surface area contributed by atoms with Crippen LogP contribution in [0.5, 0.6) is 0 Å². The van der Waals surface area contributed by atoms with Gasteiger partial charge in [-0.3, -0.25) is 4.98 Å². The molecule has 0 N–H and O–H groups in total. The summed E-state index contributed by atoms with van der Waals surface area (Å²) in [6.45, 7) is 13.8. The fraction of sp³-hybridized carbons (Fsp3) is 0.351. The Hall–Kier alpha value is -3.48. The molecule has 1 saturated carbocycles. The molecule has 0 spiro atoms. The zero-order chi connectivity index (χ0) is 28.0. The van der Waals surface area contributed by atoms with Gasteiger partial charge in [0.2, 0.25) is 0 Å². The van der Waals surface area contributed by atoms with E-state index in [1.54, 1.807) is 0 Å². The smallest absolute Gasteiger partial charge is 0.0880 e. The lowest BCUT2D eigenvalue weighted by molar-refractivity contribution is 0.193. The molecule has 0 saturated heterocycles. The second-order valence-corrected chi connectivity index (χ2v) is 14.5. The van der Waals surface area contributed by atoms with Crippen LogP contribution >= 0.6 is 11.3 Å². The number of aromatic nitrogens is 1. The molecule has 7 rings (SSSR count). The molecule has 2 nitrogen and oxygen atoms in total. The lowest BCUT2D eigenvalue weighted by Gasteiger charge is -2.40. The van der Waals surface area contributed by atoms with Gasteiger partial charge in [0.05, 0.1) is 21.9 Å². The van der Waals surface area contributed by atoms with Crippen molar-refractivity contribution in [2.24, 2.45) is 5.41 Å². The molecule has 2 heterocycles. The maximum Gasteiger partial charge on any atom is 0.0880 e. The molecule has 5 aromatic rings. The largest absolute Gasteiger partial charge is 0.255 e. The second kappa shape index (κ2) is 8.51. The third-order valence-electron chi connectivity index (χ3n) is 10.1. The number of rotatable bonds is 2. The number of thiophene rings is 1. The maximum atomic E-state index is 10.4. The zero-order valence-electron chi connectivity index (χ0n) is 24.4. The molecule has 1 fully saturated rings. The van der Waals surface area contributed by atoms with E-state index in [0.717, 1.165) is 31.4 Å². The van der Waals surface area contributed by atoms with E-state index in [1.807, 2.05) is 17.5 Å². The van der Waals surface area contributed by atoms with Gasteiger partial charge < -0.3 is 0 Å². The summed E-state index contributed by atoms with van der Waals surface area (Å²) in [6.07, 6.45) is 6.03. The number of nitriles is 1. The van der Waals surface area contributed by atoms with Crippen molar-refractivity contribution in [3.8, 4) is 28.5 Å². The van der Waals surface area contributed by atoms with Crippen LogP contribution in [0.25, 0.3) is 42.6 Å². The van der Waals surface area contributed by atoms with Gasteiger partial charge in [-0.25, -0.2) is 0 Å². The van der Waals surface area contributed by atoms with E-state index in [9.17, 15) is 5.26 Å². The number of fused-ring (bicyclic) bond motifs is 6. The fourth-order valence-corrected chi connectivity index (χ4v) is 8.90. The Morgan fingerprint density at radius 2 is 1.52 bits per heavy atom. The average Bonchev–Trinajstić information content (AvgIpc) is 3.43. The van der Waals surface area contributed by atoms with Crippen molar-refractivity contribution in [3.63, 3.8) is 0 Å². The molecule has 2 aliphatic carbocycles. The topological polar surface area (TPSA) is 36.7 Å². The van der Waals surface area contributed by atoms with Crippen LogP contribution < -0.4 is 0 Å². The minimum atomic E-state index is -0.386. The normalized spacial score (nSPS) is 18.4. The number of benzene rings is 3. The van der Waals surface area contributed by atoms with Crippen LogP contribution in [-0.4, -0.2) is 4.98 Å². The lowest BCUT2D eigenvalue weighted by Crippen LogP contribution is -2.34. The van der Waals surface area contributed by atoms with Crippen LogP contribution in [-0.2, 0) is 10.8 Å². The summed E-state index contributed by atoms with van der Waals surface area (Å²) in [4.78, 5) is 4.98. The summed E-state index contributed by atoms with van der Waals surface area (Å²) in [5, 5.41) is 13.0. The Balaban J connectivity index is 1.40. The van der Waals surface area contributed by atoms with Crippen LogP contribution in [0.1, 0.15) is 81.2 Å². The number of hydrogen-bond donors (Lipinski definition) is 0. The number of aryl methyl sites for hydroxylation is 2. The summed E-state index contributed by atoms with van der Waals surface area (Å²) >= 11 is 1.85. The van der Waals surface area contributed by atoms with Crippen molar-refractivity contribution >= 4 is 31.5 Å². The summed E-state index contributed by atoms with van der Waals surface area (Å²) in [7, 11) is 0. The van der Waals surface area contributed by atoms with Crippen molar-refractivity contribution < 1.29 is 0 Å². The molecular weight excluding hydrogens is 504 g/mol. The predicted molar refractivity (Wildman–Crippen MR) is 169 cm³/mol. The average molecular weight is 541 g/mol. The van der Waals surface area contributed by atoms with Crippen LogP contribution in [0.3, 0.4) is 0 Å². The third-order valence-corrected chi connectivity index (χ3v) is 11.5. The summed E-state index contributed by atoms with van der Waals surface area (Å²) in [5.41, 5.74) is 11.5.